The number of methoxy groups -OCH3 is 1. The first kappa shape index (κ1) is 25.8. The molecule has 0 N–H and O–H groups in total. The van der Waals surface area contributed by atoms with Crippen molar-refractivity contribution >= 4 is 11.0 Å². The smallest absolute Gasteiger partial charge is 0.453 e. The summed E-state index contributed by atoms with van der Waals surface area (Å²) in [7, 11) is 1.37. The van der Waals surface area contributed by atoms with Crippen LogP contribution in [0.4, 0.5) is 35.1 Å². The van der Waals surface area contributed by atoms with E-state index < -0.39 is 75.7 Å². The van der Waals surface area contributed by atoms with Crippen molar-refractivity contribution in [2.75, 3.05) is 7.11 Å². The Morgan fingerprint density at radius 2 is 1.32 bits per heavy atom. The minimum atomic E-state index is -5.18. The van der Waals surface area contributed by atoms with Crippen molar-refractivity contribution < 1.29 is 53.8 Å². The normalized spacial score (nSPS) is 11.6. The molecule has 0 atom stereocenters. The SMILES string of the molecule is COc1ccc(Oc2c(C(F)(F)F)oc3cc(OCc4c(F)c(F)c(F)c(F)c4F)ccc3c2=O)cc1. The first-order chi connectivity index (χ1) is 17.4. The number of hydrogen-bond donors (Lipinski definition) is 0. The molecule has 4 aromatic rings. The fourth-order valence-corrected chi connectivity index (χ4v) is 3.22. The summed E-state index contributed by atoms with van der Waals surface area (Å²) in [6.07, 6.45) is -5.18. The van der Waals surface area contributed by atoms with Crippen LogP contribution >= 0.6 is 0 Å². The molecule has 0 aliphatic rings. The molecule has 1 aromatic heterocycles. The predicted octanol–water partition coefficient (Wildman–Crippen LogP) is 6.89. The third kappa shape index (κ3) is 4.88. The molecule has 194 valence electrons. The quantitative estimate of drug-likeness (QED) is 0.154. The third-order valence-electron chi connectivity index (χ3n) is 5.04. The van der Waals surface area contributed by atoms with E-state index in [0.29, 0.717) is 5.75 Å². The largest absolute Gasteiger partial charge is 0.497 e. The second kappa shape index (κ2) is 9.64. The molecule has 0 saturated carbocycles. The van der Waals surface area contributed by atoms with Crippen molar-refractivity contribution in [2.24, 2.45) is 0 Å². The fraction of sp³-hybridized carbons (Fsp3) is 0.125. The Morgan fingerprint density at radius 1 is 0.784 bits per heavy atom. The van der Waals surface area contributed by atoms with E-state index >= 15 is 0 Å². The fourth-order valence-electron chi connectivity index (χ4n) is 3.22. The number of ether oxygens (including phenoxy) is 3. The zero-order chi connectivity index (χ0) is 27.1. The number of hydrogen-bond acceptors (Lipinski definition) is 5. The molecule has 0 saturated heterocycles. The van der Waals surface area contributed by atoms with Gasteiger partial charge in [-0.2, -0.15) is 13.2 Å². The molecule has 37 heavy (non-hydrogen) atoms. The van der Waals surface area contributed by atoms with E-state index in [1.807, 2.05) is 0 Å². The van der Waals surface area contributed by atoms with Gasteiger partial charge in [-0.05, 0) is 36.4 Å². The maximum absolute atomic E-state index is 13.9. The van der Waals surface area contributed by atoms with Gasteiger partial charge in [-0.25, -0.2) is 22.0 Å². The second-order valence-corrected chi connectivity index (χ2v) is 7.36. The van der Waals surface area contributed by atoms with Crippen molar-refractivity contribution in [2.45, 2.75) is 12.8 Å². The van der Waals surface area contributed by atoms with Gasteiger partial charge in [0.05, 0.1) is 18.1 Å². The van der Waals surface area contributed by atoms with Gasteiger partial charge in [0, 0.05) is 6.07 Å². The van der Waals surface area contributed by atoms with E-state index in [-0.39, 0.29) is 11.1 Å². The molecular weight excluding hydrogens is 520 g/mol. The van der Waals surface area contributed by atoms with Gasteiger partial charge in [-0.3, -0.25) is 4.79 Å². The average Bonchev–Trinajstić information content (AvgIpc) is 2.87. The van der Waals surface area contributed by atoms with Gasteiger partial charge in [0.1, 0.15) is 29.4 Å². The van der Waals surface area contributed by atoms with Gasteiger partial charge >= 0.3 is 6.18 Å². The zero-order valence-corrected chi connectivity index (χ0v) is 18.3. The first-order valence-electron chi connectivity index (χ1n) is 10.1. The molecule has 0 aliphatic heterocycles. The van der Waals surface area contributed by atoms with Crippen LogP contribution in [0.5, 0.6) is 23.0 Å². The van der Waals surface area contributed by atoms with Crippen LogP contribution in [0.2, 0.25) is 0 Å². The number of benzene rings is 3. The van der Waals surface area contributed by atoms with Crippen LogP contribution in [0.3, 0.4) is 0 Å². The summed E-state index contributed by atoms with van der Waals surface area (Å²) in [6.45, 7) is -1.17. The second-order valence-electron chi connectivity index (χ2n) is 7.36. The Bertz CT molecular complexity index is 1520. The lowest BCUT2D eigenvalue weighted by atomic mass is 10.1. The summed E-state index contributed by atoms with van der Waals surface area (Å²) in [4.78, 5) is 12.8. The number of rotatable bonds is 6. The van der Waals surface area contributed by atoms with E-state index in [4.69, 9.17) is 18.6 Å². The highest BCUT2D eigenvalue weighted by Gasteiger charge is 2.40. The molecule has 0 amide bonds. The average molecular weight is 532 g/mol. The molecule has 0 spiro atoms. The lowest BCUT2D eigenvalue weighted by Crippen LogP contribution is -2.15. The molecule has 4 rings (SSSR count). The maximum Gasteiger partial charge on any atom is 0.453 e. The van der Waals surface area contributed by atoms with Gasteiger partial charge < -0.3 is 18.6 Å². The first-order valence-corrected chi connectivity index (χ1v) is 10.1. The van der Waals surface area contributed by atoms with Crippen molar-refractivity contribution in [1.29, 1.82) is 0 Å². The summed E-state index contributed by atoms with van der Waals surface area (Å²) >= 11 is 0. The summed E-state index contributed by atoms with van der Waals surface area (Å²) in [5.41, 5.74) is -3.15. The van der Waals surface area contributed by atoms with E-state index in [1.54, 1.807) is 0 Å². The highest BCUT2D eigenvalue weighted by atomic mass is 19.4. The minimum Gasteiger partial charge on any atom is -0.497 e. The van der Waals surface area contributed by atoms with E-state index in [9.17, 15) is 39.9 Å². The molecule has 0 fully saturated rings. The molecule has 1 heterocycles. The van der Waals surface area contributed by atoms with Crippen LogP contribution in [0.1, 0.15) is 11.3 Å². The standard InChI is InChI=1S/C24H12F8O5/c1-34-10-2-4-11(5-3-10)36-22-21(33)13-7-6-12(8-15(13)37-23(22)24(30,31)32)35-9-14-16(25)18(27)20(29)19(28)17(14)26/h2-8H,9H2,1H3. The number of fused-ring (bicyclic) bond motifs is 1. The van der Waals surface area contributed by atoms with Gasteiger partial charge in [0.15, 0.2) is 23.3 Å². The van der Waals surface area contributed by atoms with Crippen molar-refractivity contribution in [3.05, 3.63) is 93.1 Å². The summed E-state index contributed by atoms with van der Waals surface area (Å²) in [6, 6.07) is 8.09. The van der Waals surface area contributed by atoms with Crippen LogP contribution in [0.15, 0.2) is 51.7 Å². The maximum atomic E-state index is 13.9. The Balaban J connectivity index is 1.72. The highest BCUT2D eigenvalue weighted by Crippen LogP contribution is 2.39. The Kier molecular flexibility index (Phi) is 6.72. The van der Waals surface area contributed by atoms with Gasteiger partial charge in [-0.1, -0.05) is 0 Å². The molecule has 0 bridgehead atoms. The van der Waals surface area contributed by atoms with Gasteiger partial charge in [-0.15, -0.1) is 0 Å². The monoisotopic (exact) mass is 532 g/mol. The van der Waals surface area contributed by atoms with Crippen molar-refractivity contribution in [3.63, 3.8) is 0 Å². The molecule has 5 nitrogen and oxygen atoms in total. The number of halogens is 8. The van der Waals surface area contributed by atoms with Crippen molar-refractivity contribution in [1.82, 2.24) is 0 Å². The summed E-state index contributed by atoms with van der Waals surface area (Å²) in [5, 5.41) is -0.375. The van der Waals surface area contributed by atoms with E-state index in [1.165, 1.54) is 31.4 Å². The van der Waals surface area contributed by atoms with Crippen LogP contribution in [-0.2, 0) is 12.8 Å². The van der Waals surface area contributed by atoms with Crippen molar-refractivity contribution in [3.8, 4) is 23.0 Å². The van der Waals surface area contributed by atoms with E-state index in [2.05, 4.69) is 0 Å². The molecule has 0 aliphatic carbocycles. The number of alkyl halides is 3. The summed E-state index contributed by atoms with van der Waals surface area (Å²) < 4.78 is 129. The van der Waals surface area contributed by atoms with Gasteiger partial charge in [0.25, 0.3) is 5.76 Å². The predicted molar refractivity (Wildman–Crippen MR) is 111 cm³/mol. The minimum absolute atomic E-state index is 0.124. The summed E-state index contributed by atoms with van der Waals surface area (Å²) in [5.74, 6) is -14.1. The van der Waals surface area contributed by atoms with Crippen LogP contribution in [0.25, 0.3) is 11.0 Å². The van der Waals surface area contributed by atoms with Crippen LogP contribution in [0, 0.1) is 29.1 Å². The highest BCUT2D eigenvalue weighted by molar-refractivity contribution is 5.79. The molecule has 3 aromatic carbocycles. The molecule has 0 unspecified atom stereocenters. The van der Waals surface area contributed by atoms with Crippen LogP contribution < -0.4 is 19.6 Å². The lowest BCUT2D eigenvalue weighted by Gasteiger charge is -2.14. The Labute approximate surface area is 201 Å². The third-order valence-corrected chi connectivity index (χ3v) is 5.04. The molecular formula is C24H12F8O5. The van der Waals surface area contributed by atoms with E-state index in [0.717, 1.165) is 18.2 Å². The topological polar surface area (TPSA) is 57.9 Å². The Morgan fingerprint density at radius 3 is 1.89 bits per heavy atom. The Hall–Kier alpha value is -4.29. The zero-order valence-electron chi connectivity index (χ0n) is 18.3. The molecule has 0 radical (unpaired) electrons. The van der Waals surface area contributed by atoms with Gasteiger partial charge in [0.2, 0.25) is 17.0 Å². The lowest BCUT2D eigenvalue weighted by molar-refractivity contribution is -0.154. The molecule has 13 heteroatoms. The van der Waals surface area contributed by atoms with Crippen LogP contribution in [-0.4, -0.2) is 7.11 Å².